The van der Waals surface area contributed by atoms with Gasteiger partial charge in [0.2, 0.25) is 0 Å². The van der Waals surface area contributed by atoms with E-state index in [0.29, 0.717) is 5.56 Å². The van der Waals surface area contributed by atoms with E-state index in [4.69, 9.17) is 4.74 Å². The van der Waals surface area contributed by atoms with Gasteiger partial charge >= 0.3 is 5.97 Å². The molecule has 92 valence electrons. The van der Waals surface area contributed by atoms with Gasteiger partial charge in [0, 0.05) is 6.04 Å². The summed E-state index contributed by atoms with van der Waals surface area (Å²) in [5.41, 5.74) is 0.441. The predicted octanol–water partition coefficient (Wildman–Crippen LogP) is 1.76. The molecule has 0 spiro atoms. The van der Waals surface area contributed by atoms with E-state index in [9.17, 15) is 9.59 Å². The topological polar surface area (TPSA) is 55.4 Å². The highest BCUT2D eigenvalue weighted by Gasteiger charge is 2.18. The molecule has 0 fully saturated rings. The number of carbonyl (C=O) groups is 2. The molecule has 0 heterocycles. The molecule has 0 bridgehead atoms. The number of carbonyl (C=O) groups excluding carboxylic acids is 2. The second-order valence-corrected chi connectivity index (χ2v) is 4.08. The normalized spacial score (nSPS) is 12.0. The van der Waals surface area contributed by atoms with E-state index in [-0.39, 0.29) is 11.9 Å². The molecule has 1 amide bonds. The van der Waals surface area contributed by atoms with Crippen LogP contribution in [0.5, 0.6) is 0 Å². The summed E-state index contributed by atoms with van der Waals surface area (Å²) >= 11 is 0. The van der Waals surface area contributed by atoms with Crippen molar-refractivity contribution in [2.24, 2.45) is 0 Å². The van der Waals surface area contributed by atoms with Gasteiger partial charge in [-0.1, -0.05) is 18.2 Å². The lowest BCUT2D eigenvalue weighted by Crippen LogP contribution is -2.39. The van der Waals surface area contributed by atoms with Gasteiger partial charge in [0.1, 0.15) is 0 Å². The third-order valence-electron chi connectivity index (χ3n) is 2.09. The fourth-order valence-electron chi connectivity index (χ4n) is 1.26. The lowest BCUT2D eigenvalue weighted by molar-refractivity contribution is -0.129. The van der Waals surface area contributed by atoms with Crippen LogP contribution < -0.4 is 5.32 Å². The number of nitrogens with one attached hydrogen (secondary N) is 1. The summed E-state index contributed by atoms with van der Waals surface area (Å²) in [6, 6.07) is 8.63. The zero-order valence-corrected chi connectivity index (χ0v) is 10.3. The van der Waals surface area contributed by atoms with Gasteiger partial charge in [0.15, 0.2) is 6.10 Å². The monoisotopic (exact) mass is 235 g/mol. The fraction of sp³-hybridized carbons (Fsp3) is 0.385. The van der Waals surface area contributed by atoms with Crippen molar-refractivity contribution in [1.29, 1.82) is 0 Å². The molecule has 0 aromatic heterocycles. The molecule has 0 aliphatic carbocycles. The molecular weight excluding hydrogens is 218 g/mol. The average Bonchev–Trinajstić information content (AvgIpc) is 2.29. The maximum atomic E-state index is 11.6. The first kappa shape index (κ1) is 13.2. The van der Waals surface area contributed by atoms with Crippen LogP contribution in [0.2, 0.25) is 0 Å². The van der Waals surface area contributed by atoms with Gasteiger partial charge in [-0.15, -0.1) is 0 Å². The number of esters is 1. The fourth-order valence-corrected chi connectivity index (χ4v) is 1.26. The number of hydrogen-bond donors (Lipinski definition) is 1. The first-order chi connectivity index (χ1) is 8.00. The highest BCUT2D eigenvalue weighted by Crippen LogP contribution is 2.04. The van der Waals surface area contributed by atoms with Crippen molar-refractivity contribution in [3.8, 4) is 0 Å². The Kier molecular flexibility index (Phi) is 4.69. The van der Waals surface area contributed by atoms with Gasteiger partial charge in [-0.3, -0.25) is 4.79 Å². The average molecular weight is 235 g/mol. The molecular formula is C13H17NO3. The smallest absolute Gasteiger partial charge is 0.338 e. The number of hydrogen-bond acceptors (Lipinski definition) is 3. The lowest BCUT2D eigenvalue weighted by Gasteiger charge is -2.15. The van der Waals surface area contributed by atoms with Crippen LogP contribution in [0.25, 0.3) is 0 Å². The standard InChI is InChI=1S/C13H17NO3/c1-9(2)14-12(15)10(3)17-13(16)11-7-5-4-6-8-11/h4-10H,1-3H3,(H,14,15). The van der Waals surface area contributed by atoms with Crippen molar-refractivity contribution < 1.29 is 14.3 Å². The van der Waals surface area contributed by atoms with Gasteiger partial charge in [-0.05, 0) is 32.9 Å². The second kappa shape index (κ2) is 6.03. The van der Waals surface area contributed by atoms with Crippen LogP contribution in [0.3, 0.4) is 0 Å². The molecule has 0 aliphatic rings. The summed E-state index contributed by atoms with van der Waals surface area (Å²) in [4.78, 5) is 23.2. The summed E-state index contributed by atoms with van der Waals surface area (Å²) in [7, 11) is 0. The van der Waals surface area contributed by atoms with Gasteiger partial charge < -0.3 is 10.1 Å². The number of rotatable bonds is 4. The number of amides is 1. The third kappa shape index (κ3) is 4.26. The number of benzene rings is 1. The maximum absolute atomic E-state index is 11.6. The van der Waals surface area contributed by atoms with E-state index < -0.39 is 12.1 Å². The van der Waals surface area contributed by atoms with E-state index in [0.717, 1.165) is 0 Å². The van der Waals surface area contributed by atoms with Gasteiger partial charge in [-0.25, -0.2) is 4.79 Å². The van der Waals surface area contributed by atoms with Gasteiger partial charge in [0.25, 0.3) is 5.91 Å². The Morgan fingerprint density at radius 1 is 1.12 bits per heavy atom. The number of ether oxygens (including phenoxy) is 1. The third-order valence-corrected chi connectivity index (χ3v) is 2.09. The Morgan fingerprint density at radius 3 is 2.24 bits per heavy atom. The molecule has 1 atom stereocenters. The van der Waals surface area contributed by atoms with Crippen LogP contribution >= 0.6 is 0 Å². The first-order valence-electron chi connectivity index (χ1n) is 5.57. The molecule has 0 saturated heterocycles. The van der Waals surface area contributed by atoms with Crippen LogP contribution in [-0.4, -0.2) is 24.0 Å². The van der Waals surface area contributed by atoms with Gasteiger partial charge in [-0.2, -0.15) is 0 Å². The van der Waals surface area contributed by atoms with Crippen molar-refractivity contribution in [2.45, 2.75) is 32.9 Å². The van der Waals surface area contributed by atoms with Crippen molar-refractivity contribution in [3.05, 3.63) is 35.9 Å². The minimum Gasteiger partial charge on any atom is -0.449 e. The molecule has 1 aromatic rings. The first-order valence-corrected chi connectivity index (χ1v) is 5.57. The molecule has 4 heteroatoms. The summed E-state index contributed by atoms with van der Waals surface area (Å²) in [6.45, 7) is 5.26. The van der Waals surface area contributed by atoms with E-state index in [1.807, 2.05) is 19.9 Å². The molecule has 0 aliphatic heterocycles. The van der Waals surface area contributed by atoms with E-state index in [2.05, 4.69) is 5.32 Å². The summed E-state index contributed by atoms with van der Waals surface area (Å²) in [6.07, 6.45) is -0.787. The largest absolute Gasteiger partial charge is 0.449 e. The molecule has 1 unspecified atom stereocenters. The van der Waals surface area contributed by atoms with E-state index >= 15 is 0 Å². The van der Waals surface area contributed by atoms with Crippen molar-refractivity contribution in [1.82, 2.24) is 5.32 Å². The predicted molar refractivity (Wildman–Crippen MR) is 64.6 cm³/mol. The van der Waals surface area contributed by atoms with Crippen molar-refractivity contribution in [2.75, 3.05) is 0 Å². The minimum absolute atomic E-state index is 0.0281. The molecule has 0 saturated carbocycles. The highest BCUT2D eigenvalue weighted by atomic mass is 16.5. The Labute approximate surface area is 101 Å². The van der Waals surface area contributed by atoms with Crippen molar-refractivity contribution in [3.63, 3.8) is 0 Å². The van der Waals surface area contributed by atoms with Gasteiger partial charge in [0.05, 0.1) is 5.56 Å². The Balaban J connectivity index is 2.55. The Morgan fingerprint density at radius 2 is 1.71 bits per heavy atom. The van der Waals surface area contributed by atoms with E-state index in [1.165, 1.54) is 0 Å². The molecule has 4 nitrogen and oxygen atoms in total. The Bertz CT molecular complexity index is 387. The summed E-state index contributed by atoms with van der Waals surface area (Å²) < 4.78 is 5.05. The van der Waals surface area contributed by atoms with Crippen LogP contribution in [-0.2, 0) is 9.53 Å². The molecule has 1 rings (SSSR count). The molecule has 1 N–H and O–H groups in total. The molecule has 0 radical (unpaired) electrons. The van der Waals surface area contributed by atoms with Crippen molar-refractivity contribution >= 4 is 11.9 Å². The summed E-state index contributed by atoms with van der Waals surface area (Å²) in [5, 5.41) is 2.68. The maximum Gasteiger partial charge on any atom is 0.338 e. The quantitative estimate of drug-likeness (QED) is 0.809. The van der Waals surface area contributed by atoms with Crippen LogP contribution in [0, 0.1) is 0 Å². The molecule has 17 heavy (non-hydrogen) atoms. The minimum atomic E-state index is -0.787. The lowest BCUT2D eigenvalue weighted by atomic mass is 10.2. The zero-order chi connectivity index (χ0) is 12.8. The Hall–Kier alpha value is -1.84. The highest BCUT2D eigenvalue weighted by molar-refractivity contribution is 5.92. The van der Waals surface area contributed by atoms with Crippen LogP contribution in [0.15, 0.2) is 30.3 Å². The SMILES string of the molecule is CC(C)NC(=O)C(C)OC(=O)c1ccccc1. The zero-order valence-electron chi connectivity index (χ0n) is 10.3. The second-order valence-electron chi connectivity index (χ2n) is 4.08. The summed E-state index contributed by atoms with van der Waals surface area (Å²) in [5.74, 6) is -0.777. The molecule has 1 aromatic carbocycles. The van der Waals surface area contributed by atoms with E-state index in [1.54, 1.807) is 31.2 Å². The van der Waals surface area contributed by atoms with Crippen LogP contribution in [0.4, 0.5) is 0 Å². The van der Waals surface area contributed by atoms with Crippen LogP contribution in [0.1, 0.15) is 31.1 Å².